The van der Waals surface area contributed by atoms with E-state index in [4.69, 9.17) is 27.2 Å². The molecule has 7 nitrogen and oxygen atoms in total. The Morgan fingerprint density at radius 1 is 0.931 bits per heavy atom. The number of carbonyl (C=O) groups is 2. The lowest BCUT2D eigenvalue weighted by atomic mass is 10.1. The van der Waals surface area contributed by atoms with Crippen LogP contribution in [0.4, 0.5) is 0 Å². The van der Waals surface area contributed by atoms with Crippen LogP contribution in [0.5, 0.6) is 17.4 Å². The molecular weight excluding hydrogens is 414 g/mol. The summed E-state index contributed by atoms with van der Waals surface area (Å²) in [5.41, 5.74) is 1.60. The molecule has 3 N–H and O–H groups in total. The van der Waals surface area contributed by atoms with Gasteiger partial charge in [-0.25, -0.2) is 0 Å². The Kier molecular flexibility index (Phi) is 6.30. The number of ether oxygens (including phenoxy) is 1. The monoisotopic (exact) mass is 431 g/mol. The van der Waals surface area contributed by atoms with E-state index in [0.717, 1.165) is 5.56 Å². The van der Waals surface area contributed by atoms with Gasteiger partial charge in [-0.2, -0.15) is 0 Å². The summed E-state index contributed by atoms with van der Waals surface area (Å²) in [4.78, 5) is 22.2. The van der Waals surface area contributed by atoms with Crippen LogP contribution >= 0.6 is 23.6 Å². The second-order valence-electron chi connectivity index (χ2n) is 6.23. The molecule has 0 saturated carbocycles. The molecule has 0 saturated heterocycles. The number of benzene rings is 2. The molecule has 0 bridgehead atoms. The van der Waals surface area contributed by atoms with Gasteiger partial charge in [0.05, 0.1) is 11.3 Å². The van der Waals surface area contributed by atoms with E-state index in [1.807, 2.05) is 12.1 Å². The standard InChI is InChI=1S/C20H17NO6S2/c22-17(23)10-13-3-7-15(8-4-13)27-14-5-1-12(2-6-14)9-16-19(26)21(11-18(24)25)20(28)29-16/h1-8,26H,9-11H2,(H,22,23)(H,24,25). The molecule has 9 heteroatoms. The highest BCUT2D eigenvalue weighted by molar-refractivity contribution is 7.73. The molecule has 3 rings (SSSR count). The lowest BCUT2D eigenvalue weighted by molar-refractivity contribution is -0.138. The summed E-state index contributed by atoms with van der Waals surface area (Å²) in [7, 11) is 0. The topological polar surface area (TPSA) is 109 Å². The van der Waals surface area contributed by atoms with Gasteiger partial charge in [0.2, 0.25) is 5.88 Å². The molecule has 3 aromatic rings. The number of carboxylic acids is 2. The van der Waals surface area contributed by atoms with E-state index in [2.05, 4.69) is 0 Å². The van der Waals surface area contributed by atoms with Crippen LogP contribution in [0.1, 0.15) is 16.0 Å². The maximum Gasteiger partial charge on any atom is 0.323 e. The van der Waals surface area contributed by atoms with Gasteiger partial charge in [-0.15, -0.1) is 11.3 Å². The van der Waals surface area contributed by atoms with E-state index in [9.17, 15) is 14.7 Å². The summed E-state index contributed by atoms with van der Waals surface area (Å²) >= 11 is 6.31. The summed E-state index contributed by atoms with van der Waals surface area (Å²) < 4.78 is 7.26. The minimum atomic E-state index is -1.07. The zero-order chi connectivity index (χ0) is 21.0. The van der Waals surface area contributed by atoms with Crippen molar-refractivity contribution >= 4 is 35.5 Å². The molecule has 29 heavy (non-hydrogen) atoms. The van der Waals surface area contributed by atoms with Gasteiger partial charge in [-0.3, -0.25) is 14.2 Å². The van der Waals surface area contributed by atoms with Crippen molar-refractivity contribution in [3.05, 3.63) is 68.5 Å². The molecule has 2 aromatic carbocycles. The van der Waals surface area contributed by atoms with Crippen molar-refractivity contribution in [3.8, 4) is 17.4 Å². The van der Waals surface area contributed by atoms with Gasteiger partial charge in [0.25, 0.3) is 0 Å². The van der Waals surface area contributed by atoms with E-state index in [1.165, 1.54) is 15.9 Å². The fourth-order valence-corrected chi connectivity index (χ4v) is 4.04. The van der Waals surface area contributed by atoms with Crippen LogP contribution in [0.15, 0.2) is 48.5 Å². The zero-order valence-corrected chi connectivity index (χ0v) is 16.7. The highest BCUT2D eigenvalue weighted by atomic mass is 32.1. The van der Waals surface area contributed by atoms with Crippen LogP contribution in [0.2, 0.25) is 0 Å². The highest BCUT2D eigenvalue weighted by Gasteiger charge is 2.14. The second kappa shape index (κ2) is 8.89. The zero-order valence-electron chi connectivity index (χ0n) is 15.1. The summed E-state index contributed by atoms with van der Waals surface area (Å²) in [5, 5.41) is 27.9. The van der Waals surface area contributed by atoms with Crippen molar-refractivity contribution in [2.24, 2.45) is 0 Å². The number of hydrogen-bond donors (Lipinski definition) is 3. The molecule has 0 aliphatic rings. The number of aliphatic carboxylic acids is 2. The first kappa shape index (κ1) is 20.6. The number of carboxylic acid groups (broad SMARTS) is 2. The SMILES string of the molecule is O=C(O)Cc1ccc(Oc2ccc(Cc3sc(=S)n(CC(=O)O)c3O)cc2)cc1. The van der Waals surface area contributed by atoms with Crippen molar-refractivity contribution in [1.29, 1.82) is 0 Å². The van der Waals surface area contributed by atoms with Gasteiger partial charge >= 0.3 is 11.9 Å². The Morgan fingerprint density at radius 2 is 1.48 bits per heavy atom. The predicted molar refractivity (Wildman–Crippen MR) is 110 cm³/mol. The van der Waals surface area contributed by atoms with Crippen LogP contribution in [-0.2, 0) is 29.0 Å². The Balaban J connectivity index is 1.67. The first-order chi connectivity index (χ1) is 13.8. The van der Waals surface area contributed by atoms with Crippen LogP contribution in [0.3, 0.4) is 0 Å². The molecule has 0 radical (unpaired) electrons. The molecule has 0 aliphatic heterocycles. The van der Waals surface area contributed by atoms with Crippen molar-refractivity contribution in [1.82, 2.24) is 4.57 Å². The molecule has 0 spiro atoms. The first-order valence-corrected chi connectivity index (χ1v) is 9.75. The molecule has 0 atom stereocenters. The summed E-state index contributed by atoms with van der Waals surface area (Å²) in [6.45, 7) is -0.376. The number of rotatable bonds is 8. The van der Waals surface area contributed by atoms with Gasteiger partial charge < -0.3 is 20.1 Å². The minimum Gasteiger partial charge on any atom is -0.494 e. The Labute approximate surface area is 175 Å². The smallest absolute Gasteiger partial charge is 0.323 e. The van der Waals surface area contributed by atoms with Crippen molar-refractivity contribution < 1.29 is 29.6 Å². The van der Waals surface area contributed by atoms with Crippen LogP contribution in [0, 0.1) is 3.95 Å². The van der Waals surface area contributed by atoms with Crippen molar-refractivity contribution in [3.63, 3.8) is 0 Å². The third-order valence-electron chi connectivity index (χ3n) is 4.03. The molecule has 0 aliphatic carbocycles. The highest BCUT2D eigenvalue weighted by Crippen LogP contribution is 2.29. The molecule has 1 heterocycles. The van der Waals surface area contributed by atoms with E-state index in [-0.39, 0.29) is 18.8 Å². The number of nitrogens with zero attached hydrogens (tertiary/aromatic N) is 1. The number of aromatic hydroxyl groups is 1. The van der Waals surface area contributed by atoms with Gasteiger partial charge in [0.1, 0.15) is 18.0 Å². The third-order valence-corrected chi connectivity index (χ3v) is 5.47. The fraction of sp³-hybridized carbons (Fsp3) is 0.150. The summed E-state index contributed by atoms with van der Waals surface area (Å²) in [6, 6.07) is 14.1. The van der Waals surface area contributed by atoms with Gasteiger partial charge in [0.15, 0.2) is 3.95 Å². The van der Waals surface area contributed by atoms with E-state index in [1.54, 1.807) is 36.4 Å². The molecule has 150 valence electrons. The Hall–Kier alpha value is -3.17. The maximum absolute atomic E-state index is 10.9. The minimum absolute atomic E-state index is 0.0387. The van der Waals surface area contributed by atoms with Gasteiger partial charge in [0, 0.05) is 6.42 Å². The Bertz CT molecular complexity index is 1080. The van der Waals surface area contributed by atoms with E-state index < -0.39 is 11.9 Å². The average molecular weight is 431 g/mol. The quantitative estimate of drug-likeness (QED) is 0.461. The fourth-order valence-electron chi connectivity index (χ4n) is 2.68. The third kappa shape index (κ3) is 5.43. The lowest BCUT2D eigenvalue weighted by Gasteiger charge is -2.08. The number of thiazole rings is 1. The van der Waals surface area contributed by atoms with Crippen LogP contribution < -0.4 is 4.74 Å². The molecule has 0 amide bonds. The maximum atomic E-state index is 10.9. The van der Waals surface area contributed by atoms with Crippen LogP contribution in [0.25, 0.3) is 0 Å². The number of aromatic nitrogens is 1. The molecule has 1 aromatic heterocycles. The Morgan fingerprint density at radius 3 is 2.00 bits per heavy atom. The van der Waals surface area contributed by atoms with E-state index >= 15 is 0 Å². The van der Waals surface area contributed by atoms with Crippen molar-refractivity contribution in [2.45, 2.75) is 19.4 Å². The van der Waals surface area contributed by atoms with Crippen LogP contribution in [-0.4, -0.2) is 31.8 Å². The van der Waals surface area contributed by atoms with E-state index in [0.29, 0.717) is 32.3 Å². The van der Waals surface area contributed by atoms with Gasteiger partial charge in [-0.05, 0) is 47.6 Å². The second-order valence-corrected chi connectivity index (χ2v) is 7.96. The average Bonchev–Trinajstić information content (AvgIpc) is 2.91. The molecule has 0 unspecified atom stereocenters. The molecular formula is C20H17NO6S2. The summed E-state index contributed by atoms with van der Waals surface area (Å²) in [6.07, 6.45) is 0.375. The molecule has 0 fully saturated rings. The summed E-state index contributed by atoms with van der Waals surface area (Å²) in [5.74, 6) is -0.876. The first-order valence-electron chi connectivity index (χ1n) is 8.52. The number of hydrogen-bond acceptors (Lipinski definition) is 6. The van der Waals surface area contributed by atoms with Crippen molar-refractivity contribution in [2.75, 3.05) is 0 Å². The normalized spacial score (nSPS) is 10.6. The predicted octanol–water partition coefficient (Wildman–Crippen LogP) is 4.08. The largest absolute Gasteiger partial charge is 0.494 e. The van der Waals surface area contributed by atoms with Gasteiger partial charge in [-0.1, -0.05) is 24.3 Å². The lowest BCUT2D eigenvalue weighted by Crippen LogP contribution is -2.08.